The molecule has 1 rings (SSSR count). The molecule has 0 heterocycles. The van der Waals surface area contributed by atoms with Gasteiger partial charge in [-0.05, 0) is 6.54 Å². The molecule has 0 atom stereocenters. The van der Waals surface area contributed by atoms with E-state index in [-0.39, 0.29) is 19.0 Å². The van der Waals surface area contributed by atoms with Gasteiger partial charge in [-0.25, -0.2) is 13.2 Å². The average molecular weight is 219 g/mol. The summed E-state index contributed by atoms with van der Waals surface area (Å²) in [5, 5.41) is 9.06. The molecule has 0 aliphatic heterocycles. The number of phenolic OH excluding ortho intramolecular Hbond substituents is 1. The minimum absolute atomic E-state index is 0.101. The standard InChI is InChI=1S/C9H8F3NO2/c10-4-3-5(11)9(15)7(8(4)12)6(14)1-2-13/h3,15H,1-2,13H2. The Bertz CT molecular complexity index is 381. The first-order chi connectivity index (χ1) is 6.99. The van der Waals surface area contributed by atoms with Gasteiger partial charge in [-0.15, -0.1) is 0 Å². The molecule has 0 saturated heterocycles. The lowest BCUT2D eigenvalue weighted by molar-refractivity contribution is 0.0976. The van der Waals surface area contributed by atoms with Gasteiger partial charge in [-0.3, -0.25) is 4.79 Å². The molecule has 0 saturated carbocycles. The van der Waals surface area contributed by atoms with Gasteiger partial charge in [0.05, 0.1) is 0 Å². The highest BCUT2D eigenvalue weighted by Gasteiger charge is 2.23. The number of benzene rings is 1. The van der Waals surface area contributed by atoms with E-state index in [9.17, 15) is 18.0 Å². The van der Waals surface area contributed by atoms with Crippen molar-refractivity contribution in [2.75, 3.05) is 6.54 Å². The van der Waals surface area contributed by atoms with Crippen molar-refractivity contribution in [2.45, 2.75) is 6.42 Å². The van der Waals surface area contributed by atoms with E-state index in [1.54, 1.807) is 0 Å². The number of hydrogen-bond acceptors (Lipinski definition) is 3. The molecule has 0 spiro atoms. The van der Waals surface area contributed by atoms with Crippen LogP contribution in [0.1, 0.15) is 16.8 Å². The van der Waals surface area contributed by atoms with E-state index in [0.29, 0.717) is 0 Å². The maximum Gasteiger partial charge on any atom is 0.173 e. The van der Waals surface area contributed by atoms with Crippen molar-refractivity contribution in [2.24, 2.45) is 5.73 Å². The highest BCUT2D eigenvalue weighted by Crippen LogP contribution is 2.27. The van der Waals surface area contributed by atoms with Crippen LogP contribution in [0.2, 0.25) is 0 Å². The van der Waals surface area contributed by atoms with E-state index in [1.165, 1.54) is 0 Å². The molecule has 0 fully saturated rings. The Kier molecular flexibility index (Phi) is 3.31. The molecule has 3 N–H and O–H groups in total. The van der Waals surface area contributed by atoms with Crippen molar-refractivity contribution >= 4 is 5.78 Å². The van der Waals surface area contributed by atoms with E-state index in [2.05, 4.69) is 0 Å². The van der Waals surface area contributed by atoms with Gasteiger partial charge in [0.15, 0.2) is 29.0 Å². The summed E-state index contributed by atoms with van der Waals surface area (Å²) in [4.78, 5) is 11.2. The summed E-state index contributed by atoms with van der Waals surface area (Å²) >= 11 is 0. The van der Waals surface area contributed by atoms with Crippen molar-refractivity contribution in [1.82, 2.24) is 0 Å². The lowest BCUT2D eigenvalue weighted by Gasteiger charge is -2.06. The van der Waals surface area contributed by atoms with Crippen molar-refractivity contribution in [1.29, 1.82) is 0 Å². The predicted octanol–water partition coefficient (Wildman–Crippen LogP) is 1.34. The molecular weight excluding hydrogens is 211 g/mol. The Balaban J connectivity index is 3.32. The van der Waals surface area contributed by atoms with Gasteiger partial charge in [0.1, 0.15) is 5.56 Å². The van der Waals surface area contributed by atoms with Crippen LogP contribution in [0, 0.1) is 17.5 Å². The second kappa shape index (κ2) is 4.31. The molecule has 0 aromatic heterocycles. The van der Waals surface area contributed by atoms with E-state index < -0.39 is 34.5 Å². The summed E-state index contributed by atoms with van der Waals surface area (Å²) in [6.45, 7) is -0.101. The minimum Gasteiger partial charge on any atom is -0.504 e. The fourth-order valence-electron chi connectivity index (χ4n) is 1.10. The number of rotatable bonds is 3. The fourth-order valence-corrected chi connectivity index (χ4v) is 1.10. The third-order valence-electron chi connectivity index (χ3n) is 1.80. The van der Waals surface area contributed by atoms with Gasteiger partial charge in [0.25, 0.3) is 0 Å². The summed E-state index contributed by atoms with van der Waals surface area (Å²) in [5.41, 5.74) is 4.04. The summed E-state index contributed by atoms with van der Waals surface area (Å²) < 4.78 is 38.5. The third-order valence-corrected chi connectivity index (χ3v) is 1.80. The van der Waals surface area contributed by atoms with Crippen LogP contribution < -0.4 is 5.73 Å². The van der Waals surface area contributed by atoms with Crippen LogP contribution in [-0.4, -0.2) is 17.4 Å². The summed E-state index contributed by atoms with van der Waals surface area (Å²) in [5.74, 6) is -6.59. The number of halogens is 3. The summed E-state index contributed by atoms with van der Waals surface area (Å²) in [6.07, 6.45) is -0.298. The van der Waals surface area contributed by atoms with Crippen LogP contribution in [0.5, 0.6) is 5.75 Å². The van der Waals surface area contributed by atoms with Gasteiger partial charge in [0.2, 0.25) is 0 Å². The molecule has 1 aromatic rings. The molecule has 1 aromatic carbocycles. The second-order valence-electron chi connectivity index (χ2n) is 2.84. The highest BCUT2D eigenvalue weighted by atomic mass is 19.2. The number of carbonyl (C=O) groups excluding carboxylic acids is 1. The number of hydrogen-bond donors (Lipinski definition) is 2. The SMILES string of the molecule is NCCC(=O)c1c(O)c(F)cc(F)c1F. The van der Waals surface area contributed by atoms with Crippen LogP contribution in [-0.2, 0) is 0 Å². The van der Waals surface area contributed by atoms with Crippen LogP contribution in [0.15, 0.2) is 6.07 Å². The van der Waals surface area contributed by atoms with Gasteiger partial charge < -0.3 is 10.8 Å². The second-order valence-corrected chi connectivity index (χ2v) is 2.84. The summed E-state index contributed by atoms with van der Waals surface area (Å²) in [6, 6.07) is 0.171. The molecule has 0 aliphatic carbocycles. The number of ketones is 1. The lowest BCUT2D eigenvalue weighted by Crippen LogP contribution is -2.11. The lowest BCUT2D eigenvalue weighted by atomic mass is 10.1. The fraction of sp³-hybridized carbons (Fsp3) is 0.222. The zero-order valence-electron chi connectivity index (χ0n) is 7.56. The Morgan fingerprint density at radius 1 is 1.33 bits per heavy atom. The Morgan fingerprint density at radius 2 is 1.93 bits per heavy atom. The van der Waals surface area contributed by atoms with Crippen molar-refractivity contribution in [3.63, 3.8) is 0 Å². The number of phenols is 1. The zero-order chi connectivity index (χ0) is 11.6. The highest BCUT2D eigenvalue weighted by molar-refractivity contribution is 5.99. The number of nitrogens with two attached hydrogens (primary N) is 1. The van der Waals surface area contributed by atoms with E-state index in [1.807, 2.05) is 0 Å². The van der Waals surface area contributed by atoms with Crippen LogP contribution in [0.4, 0.5) is 13.2 Å². The zero-order valence-corrected chi connectivity index (χ0v) is 7.56. The monoisotopic (exact) mass is 219 g/mol. The maximum absolute atomic E-state index is 13.1. The predicted molar refractivity (Wildman–Crippen MR) is 46.0 cm³/mol. The number of aromatic hydroxyl groups is 1. The molecule has 0 bridgehead atoms. The molecule has 82 valence electrons. The van der Waals surface area contributed by atoms with Crippen LogP contribution in [0.25, 0.3) is 0 Å². The van der Waals surface area contributed by atoms with Crippen molar-refractivity contribution < 1.29 is 23.1 Å². The minimum atomic E-state index is -1.56. The summed E-state index contributed by atoms with van der Waals surface area (Å²) in [7, 11) is 0. The molecule has 15 heavy (non-hydrogen) atoms. The first-order valence-electron chi connectivity index (χ1n) is 4.08. The van der Waals surface area contributed by atoms with E-state index in [4.69, 9.17) is 10.8 Å². The Labute approximate surface area is 83.3 Å². The van der Waals surface area contributed by atoms with Crippen molar-refractivity contribution in [3.05, 3.63) is 29.1 Å². The first kappa shape index (κ1) is 11.5. The quantitative estimate of drug-likeness (QED) is 0.595. The molecule has 0 aliphatic rings. The van der Waals surface area contributed by atoms with Gasteiger partial charge >= 0.3 is 0 Å². The van der Waals surface area contributed by atoms with Crippen LogP contribution in [0.3, 0.4) is 0 Å². The molecule has 3 nitrogen and oxygen atoms in total. The van der Waals surface area contributed by atoms with Crippen molar-refractivity contribution in [3.8, 4) is 5.75 Å². The molecule has 0 unspecified atom stereocenters. The molecule has 6 heteroatoms. The largest absolute Gasteiger partial charge is 0.504 e. The van der Waals surface area contributed by atoms with E-state index >= 15 is 0 Å². The Hall–Kier alpha value is -1.56. The first-order valence-corrected chi connectivity index (χ1v) is 4.08. The smallest absolute Gasteiger partial charge is 0.173 e. The molecular formula is C9H8F3NO2. The van der Waals surface area contributed by atoms with Gasteiger partial charge in [0, 0.05) is 12.5 Å². The number of Topliss-reactive ketones (excluding diaryl/α,β-unsaturated/α-hetero) is 1. The normalized spacial score (nSPS) is 10.4. The van der Waals surface area contributed by atoms with Gasteiger partial charge in [-0.1, -0.05) is 0 Å². The molecule has 0 radical (unpaired) electrons. The third kappa shape index (κ3) is 2.10. The average Bonchev–Trinajstić information content (AvgIpc) is 2.16. The van der Waals surface area contributed by atoms with E-state index in [0.717, 1.165) is 0 Å². The van der Waals surface area contributed by atoms with Crippen LogP contribution >= 0.6 is 0 Å². The number of carbonyl (C=O) groups is 1. The Morgan fingerprint density at radius 3 is 2.47 bits per heavy atom. The topological polar surface area (TPSA) is 63.3 Å². The van der Waals surface area contributed by atoms with Gasteiger partial charge in [-0.2, -0.15) is 0 Å². The molecule has 0 amide bonds. The maximum atomic E-state index is 13.1.